The Kier molecular flexibility index (Phi) is 5.03. The van der Waals surface area contributed by atoms with Gasteiger partial charge in [0.05, 0.1) is 5.56 Å². The molecule has 1 aromatic heterocycles. The first-order valence-electron chi connectivity index (χ1n) is 10.3. The molecule has 2 aromatic rings. The van der Waals surface area contributed by atoms with Crippen LogP contribution in [-0.4, -0.2) is 41.1 Å². The molecule has 4 nitrogen and oxygen atoms in total. The third-order valence-corrected chi connectivity index (χ3v) is 6.29. The number of aromatic nitrogens is 1. The van der Waals surface area contributed by atoms with E-state index in [0.717, 1.165) is 23.0 Å². The summed E-state index contributed by atoms with van der Waals surface area (Å²) in [5, 5.41) is 4.32. The molecule has 4 heteroatoms. The van der Waals surface area contributed by atoms with Crippen molar-refractivity contribution in [3.63, 3.8) is 0 Å². The number of fused-ring (bicyclic) bond motifs is 2. The molecule has 26 heavy (non-hydrogen) atoms. The lowest BCUT2D eigenvalue weighted by Crippen LogP contribution is -2.51. The maximum Gasteiger partial charge on any atom is 0.253 e. The van der Waals surface area contributed by atoms with E-state index >= 15 is 0 Å². The van der Waals surface area contributed by atoms with Crippen LogP contribution in [0.5, 0.6) is 0 Å². The maximum atomic E-state index is 13.0. The van der Waals surface area contributed by atoms with Gasteiger partial charge < -0.3 is 14.8 Å². The standard InChI is InChI=1S/C22H31N3O/c1-16(2)25-15-19(18-9-3-4-11-21(18)25)22(26)23-14-17-8-7-13-24-12-6-5-10-20(17)24/h3-4,9,11,15-17,20H,5-8,10,12-14H2,1-2H3,(H,23,26)/t17-,20+/m1/s1. The zero-order valence-electron chi connectivity index (χ0n) is 16.1. The number of nitrogens with zero attached hydrogens (tertiary/aromatic N) is 2. The topological polar surface area (TPSA) is 37.3 Å². The number of rotatable bonds is 4. The lowest BCUT2D eigenvalue weighted by molar-refractivity contribution is 0.0576. The predicted molar refractivity (Wildman–Crippen MR) is 107 cm³/mol. The molecule has 2 aliphatic rings. The van der Waals surface area contributed by atoms with E-state index in [2.05, 4.69) is 40.8 Å². The third kappa shape index (κ3) is 3.27. The minimum absolute atomic E-state index is 0.0773. The van der Waals surface area contributed by atoms with E-state index in [1.807, 2.05) is 18.3 Å². The number of benzene rings is 1. The summed E-state index contributed by atoms with van der Waals surface area (Å²) in [5.74, 6) is 0.681. The highest BCUT2D eigenvalue weighted by molar-refractivity contribution is 6.07. The zero-order chi connectivity index (χ0) is 18.1. The van der Waals surface area contributed by atoms with Crippen molar-refractivity contribution in [3.05, 3.63) is 36.0 Å². The van der Waals surface area contributed by atoms with Gasteiger partial charge in [-0.3, -0.25) is 4.79 Å². The van der Waals surface area contributed by atoms with Crippen LogP contribution in [0, 0.1) is 5.92 Å². The van der Waals surface area contributed by atoms with Crippen LogP contribution in [0.1, 0.15) is 62.4 Å². The van der Waals surface area contributed by atoms with Gasteiger partial charge in [0.1, 0.15) is 0 Å². The van der Waals surface area contributed by atoms with Crippen LogP contribution in [0.2, 0.25) is 0 Å². The van der Waals surface area contributed by atoms with E-state index in [0.29, 0.717) is 18.0 Å². The number of carbonyl (C=O) groups is 1. The molecular formula is C22H31N3O. The van der Waals surface area contributed by atoms with E-state index in [-0.39, 0.29) is 5.91 Å². The van der Waals surface area contributed by atoms with Gasteiger partial charge in [0.25, 0.3) is 5.91 Å². The van der Waals surface area contributed by atoms with Crippen molar-refractivity contribution in [1.29, 1.82) is 0 Å². The number of piperidine rings is 2. The van der Waals surface area contributed by atoms with Gasteiger partial charge >= 0.3 is 0 Å². The minimum atomic E-state index is 0.0773. The number of amides is 1. The van der Waals surface area contributed by atoms with Gasteiger partial charge in [-0.2, -0.15) is 0 Å². The van der Waals surface area contributed by atoms with Gasteiger partial charge in [0.15, 0.2) is 0 Å². The van der Waals surface area contributed by atoms with Crippen molar-refractivity contribution < 1.29 is 4.79 Å². The van der Waals surface area contributed by atoms with E-state index in [1.54, 1.807) is 0 Å². The molecule has 4 rings (SSSR count). The normalized spacial score (nSPS) is 24.0. The van der Waals surface area contributed by atoms with Crippen LogP contribution in [-0.2, 0) is 0 Å². The molecule has 0 radical (unpaired) electrons. The third-order valence-electron chi connectivity index (χ3n) is 6.29. The van der Waals surface area contributed by atoms with Gasteiger partial charge in [0, 0.05) is 35.7 Å². The summed E-state index contributed by atoms with van der Waals surface area (Å²) < 4.78 is 2.20. The molecule has 0 saturated carbocycles. The molecule has 0 spiro atoms. The molecule has 1 N–H and O–H groups in total. The quantitative estimate of drug-likeness (QED) is 0.894. The largest absolute Gasteiger partial charge is 0.352 e. The second-order valence-corrected chi connectivity index (χ2v) is 8.27. The fourth-order valence-electron chi connectivity index (χ4n) is 4.95. The molecule has 2 atom stereocenters. The Morgan fingerprint density at radius 3 is 2.81 bits per heavy atom. The van der Waals surface area contributed by atoms with Crippen LogP contribution in [0.4, 0.5) is 0 Å². The van der Waals surface area contributed by atoms with Crippen LogP contribution in [0.25, 0.3) is 10.9 Å². The minimum Gasteiger partial charge on any atom is -0.352 e. The molecule has 1 amide bonds. The number of nitrogens with one attached hydrogen (secondary N) is 1. The number of para-hydroxylation sites is 1. The van der Waals surface area contributed by atoms with Crippen LogP contribution >= 0.6 is 0 Å². The fraction of sp³-hybridized carbons (Fsp3) is 0.591. The van der Waals surface area contributed by atoms with E-state index in [1.165, 1.54) is 45.2 Å². The number of carbonyl (C=O) groups excluding carboxylic acids is 1. The summed E-state index contributed by atoms with van der Waals surface area (Å²) in [6, 6.07) is 9.25. The Hall–Kier alpha value is -1.81. The van der Waals surface area contributed by atoms with Crippen LogP contribution in [0.3, 0.4) is 0 Å². The smallest absolute Gasteiger partial charge is 0.253 e. The molecule has 0 unspecified atom stereocenters. The van der Waals surface area contributed by atoms with Gasteiger partial charge in [-0.25, -0.2) is 0 Å². The Morgan fingerprint density at radius 1 is 1.15 bits per heavy atom. The summed E-state index contributed by atoms with van der Waals surface area (Å²) in [4.78, 5) is 15.6. The van der Waals surface area contributed by atoms with Crippen molar-refractivity contribution in [3.8, 4) is 0 Å². The summed E-state index contributed by atoms with van der Waals surface area (Å²) in [6.07, 6.45) is 8.52. The van der Waals surface area contributed by atoms with E-state index < -0.39 is 0 Å². The first-order chi connectivity index (χ1) is 12.6. The first-order valence-corrected chi connectivity index (χ1v) is 10.3. The monoisotopic (exact) mass is 353 g/mol. The van der Waals surface area contributed by atoms with Crippen LogP contribution in [0.15, 0.2) is 30.5 Å². The van der Waals surface area contributed by atoms with Gasteiger partial charge in [0.2, 0.25) is 0 Å². The lowest BCUT2D eigenvalue weighted by atomic mass is 9.83. The summed E-state index contributed by atoms with van der Waals surface area (Å²) in [7, 11) is 0. The molecule has 1 aromatic carbocycles. The van der Waals surface area contributed by atoms with Crippen LogP contribution < -0.4 is 5.32 Å². The molecule has 2 saturated heterocycles. The molecule has 2 aliphatic heterocycles. The Balaban J connectivity index is 1.49. The van der Waals surface area contributed by atoms with Crippen molar-refractivity contribution in [2.45, 2.75) is 58.0 Å². The lowest BCUT2D eigenvalue weighted by Gasteiger charge is -2.44. The van der Waals surface area contributed by atoms with Crippen molar-refractivity contribution in [2.75, 3.05) is 19.6 Å². The molecule has 3 heterocycles. The average Bonchev–Trinajstić information content (AvgIpc) is 3.06. The summed E-state index contributed by atoms with van der Waals surface area (Å²) in [6.45, 7) is 7.62. The highest BCUT2D eigenvalue weighted by Crippen LogP contribution is 2.31. The maximum absolute atomic E-state index is 13.0. The Bertz CT molecular complexity index is 777. The van der Waals surface area contributed by atoms with E-state index in [4.69, 9.17) is 0 Å². The molecule has 0 aliphatic carbocycles. The molecule has 2 fully saturated rings. The SMILES string of the molecule is CC(C)n1cc(C(=O)NC[C@H]2CCCN3CCCC[C@@H]23)c2ccccc21. The predicted octanol–water partition coefficient (Wildman–Crippen LogP) is 4.22. The first kappa shape index (κ1) is 17.6. The molecule has 140 valence electrons. The van der Waals surface area contributed by atoms with Gasteiger partial charge in [-0.1, -0.05) is 24.6 Å². The molecule has 0 bridgehead atoms. The van der Waals surface area contributed by atoms with E-state index in [9.17, 15) is 4.79 Å². The zero-order valence-corrected chi connectivity index (χ0v) is 16.1. The van der Waals surface area contributed by atoms with Gasteiger partial charge in [-0.15, -0.1) is 0 Å². The highest BCUT2D eigenvalue weighted by atomic mass is 16.1. The highest BCUT2D eigenvalue weighted by Gasteiger charge is 2.33. The van der Waals surface area contributed by atoms with Crippen molar-refractivity contribution in [1.82, 2.24) is 14.8 Å². The summed E-state index contributed by atoms with van der Waals surface area (Å²) >= 11 is 0. The van der Waals surface area contributed by atoms with Crippen molar-refractivity contribution >= 4 is 16.8 Å². The fourth-order valence-corrected chi connectivity index (χ4v) is 4.95. The number of hydrogen-bond acceptors (Lipinski definition) is 2. The Labute approximate surface area is 156 Å². The second-order valence-electron chi connectivity index (χ2n) is 8.27. The number of hydrogen-bond donors (Lipinski definition) is 1. The Morgan fingerprint density at radius 2 is 1.96 bits per heavy atom. The van der Waals surface area contributed by atoms with Gasteiger partial charge in [-0.05, 0) is 64.6 Å². The summed E-state index contributed by atoms with van der Waals surface area (Å²) in [5.41, 5.74) is 1.95. The van der Waals surface area contributed by atoms with Crippen molar-refractivity contribution in [2.24, 2.45) is 5.92 Å². The second kappa shape index (κ2) is 7.43. The average molecular weight is 354 g/mol. The molecular weight excluding hydrogens is 322 g/mol.